The van der Waals surface area contributed by atoms with Crippen molar-refractivity contribution in [2.75, 3.05) is 18.9 Å². The maximum atomic E-state index is 11.9. The number of aryl methyl sites for hydroxylation is 1. The van der Waals surface area contributed by atoms with E-state index >= 15 is 0 Å². The van der Waals surface area contributed by atoms with E-state index < -0.39 is 0 Å². The minimum absolute atomic E-state index is 0.0545. The summed E-state index contributed by atoms with van der Waals surface area (Å²) in [6.07, 6.45) is 0. The first kappa shape index (κ1) is 12.7. The SMILES string of the molecule is Cc1cc(Br)cc(C(=O)N(C)CCBr)c1. The van der Waals surface area contributed by atoms with E-state index in [1.165, 1.54) is 0 Å². The van der Waals surface area contributed by atoms with E-state index in [1.807, 2.05) is 25.1 Å². The number of amides is 1. The lowest BCUT2D eigenvalue weighted by atomic mass is 10.1. The predicted molar refractivity (Wildman–Crippen MR) is 69.6 cm³/mol. The van der Waals surface area contributed by atoms with Crippen LogP contribution in [-0.4, -0.2) is 29.7 Å². The number of carbonyl (C=O) groups excluding carboxylic acids is 1. The first-order valence-corrected chi connectivity index (χ1v) is 6.54. The Morgan fingerprint density at radius 1 is 1.40 bits per heavy atom. The van der Waals surface area contributed by atoms with Gasteiger partial charge in [0.05, 0.1) is 0 Å². The molecule has 2 nitrogen and oxygen atoms in total. The highest BCUT2D eigenvalue weighted by molar-refractivity contribution is 9.10. The summed E-state index contributed by atoms with van der Waals surface area (Å²) >= 11 is 6.71. The summed E-state index contributed by atoms with van der Waals surface area (Å²) in [4.78, 5) is 13.6. The first-order valence-electron chi connectivity index (χ1n) is 4.63. The Balaban J connectivity index is 2.90. The normalized spacial score (nSPS) is 10.1. The molecular weight excluding hydrogens is 322 g/mol. The summed E-state index contributed by atoms with van der Waals surface area (Å²) < 4.78 is 0.943. The summed E-state index contributed by atoms with van der Waals surface area (Å²) in [7, 11) is 1.81. The van der Waals surface area contributed by atoms with Crippen LogP contribution in [0.3, 0.4) is 0 Å². The highest BCUT2D eigenvalue weighted by Crippen LogP contribution is 2.16. The third-order valence-electron chi connectivity index (χ3n) is 2.06. The Kier molecular flexibility index (Phi) is 4.80. The monoisotopic (exact) mass is 333 g/mol. The van der Waals surface area contributed by atoms with Crippen molar-refractivity contribution in [2.45, 2.75) is 6.92 Å². The van der Waals surface area contributed by atoms with Crippen LogP contribution in [0.25, 0.3) is 0 Å². The highest BCUT2D eigenvalue weighted by atomic mass is 79.9. The predicted octanol–water partition coefficient (Wildman–Crippen LogP) is 3.22. The molecule has 0 radical (unpaired) electrons. The summed E-state index contributed by atoms with van der Waals surface area (Å²) in [6.45, 7) is 2.69. The molecule has 82 valence electrons. The van der Waals surface area contributed by atoms with Gasteiger partial charge in [-0.15, -0.1) is 0 Å². The maximum absolute atomic E-state index is 11.9. The molecule has 0 bridgehead atoms. The van der Waals surface area contributed by atoms with Crippen molar-refractivity contribution < 1.29 is 4.79 Å². The van der Waals surface area contributed by atoms with Gasteiger partial charge in [-0.3, -0.25) is 4.79 Å². The van der Waals surface area contributed by atoms with Crippen LogP contribution in [0, 0.1) is 6.92 Å². The molecule has 0 fully saturated rings. The fraction of sp³-hybridized carbons (Fsp3) is 0.364. The van der Waals surface area contributed by atoms with Crippen molar-refractivity contribution in [3.63, 3.8) is 0 Å². The zero-order chi connectivity index (χ0) is 11.4. The molecule has 1 amide bonds. The average Bonchev–Trinajstić information content (AvgIpc) is 2.15. The Morgan fingerprint density at radius 3 is 2.60 bits per heavy atom. The van der Waals surface area contributed by atoms with E-state index in [1.54, 1.807) is 11.9 Å². The lowest BCUT2D eigenvalue weighted by Gasteiger charge is -2.16. The van der Waals surface area contributed by atoms with Crippen LogP contribution in [-0.2, 0) is 0 Å². The lowest BCUT2D eigenvalue weighted by Crippen LogP contribution is -2.28. The molecule has 15 heavy (non-hydrogen) atoms. The summed E-state index contributed by atoms with van der Waals surface area (Å²) in [5, 5.41) is 0.794. The van der Waals surface area contributed by atoms with E-state index in [0.29, 0.717) is 6.54 Å². The van der Waals surface area contributed by atoms with Crippen LogP contribution >= 0.6 is 31.9 Å². The fourth-order valence-electron chi connectivity index (χ4n) is 1.31. The fourth-order valence-corrected chi connectivity index (χ4v) is 2.45. The minimum atomic E-state index is 0.0545. The molecule has 0 aromatic heterocycles. The van der Waals surface area contributed by atoms with Gasteiger partial charge in [0, 0.05) is 29.0 Å². The molecule has 0 spiro atoms. The maximum Gasteiger partial charge on any atom is 0.253 e. The van der Waals surface area contributed by atoms with Crippen LogP contribution < -0.4 is 0 Å². The van der Waals surface area contributed by atoms with Gasteiger partial charge in [0.25, 0.3) is 5.91 Å². The zero-order valence-corrected chi connectivity index (χ0v) is 11.9. The van der Waals surface area contributed by atoms with Crippen LogP contribution in [0.1, 0.15) is 15.9 Å². The molecule has 0 heterocycles. The number of nitrogens with zero attached hydrogens (tertiary/aromatic N) is 1. The van der Waals surface area contributed by atoms with Gasteiger partial charge in [0.1, 0.15) is 0 Å². The number of alkyl halides is 1. The topological polar surface area (TPSA) is 20.3 Å². The highest BCUT2D eigenvalue weighted by Gasteiger charge is 2.11. The van der Waals surface area contributed by atoms with Gasteiger partial charge < -0.3 is 4.90 Å². The van der Waals surface area contributed by atoms with Crippen LogP contribution in [0.5, 0.6) is 0 Å². The molecule has 0 atom stereocenters. The largest absolute Gasteiger partial charge is 0.341 e. The Hall–Kier alpha value is -0.350. The van der Waals surface area contributed by atoms with E-state index in [2.05, 4.69) is 31.9 Å². The molecule has 1 aromatic carbocycles. The van der Waals surface area contributed by atoms with Crippen LogP contribution in [0.15, 0.2) is 22.7 Å². The lowest BCUT2D eigenvalue weighted by molar-refractivity contribution is 0.0804. The van der Waals surface area contributed by atoms with Gasteiger partial charge >= 0.3 is 0 Å². The van der Waals surface area contributed by atoms with Crippen LogP contribution in [0.2, 0.25) is 0 Å². The number of rotatable bonds is 3. The molecule has 0 saturated heterocycles. The zero-order valence-electron chi connectivity index (χ0n) is 8.76. The quantitative estimate of drug-likeness (QED) is 0.777. The molecular formula is C11H13Br2NO. The molecule has 4 heteroatoms. The van der Waals surface area contributed by atoms with E-state index in [4.69, 9.17) is 0 Å². The van der Waals surface area contributed by atoms with Crippen molar-refractivity contribution >= 4 is 37.8 Å². The summed E-state index contributed by atoms with van der Waals surface area (Å²) in [6, 6.07) is 5.74. The molecule has 1 aromatic rings. The van der Waals surface area contributed by atoms with Crippen molar-refractivity contribution in [1.29, 1.82) is 0 Å². The van der Waals surface area contributed by atoms with E-state index in [-0.39, 0.29) is 5.91 Å². The first-order chi connectivity index (χ1) is 7.04. The van der Waals surface area contributed by atoms with E-state index in [9.17, 15) is 4.79 Å². The van der Waals surface area contributed by atoms with Gasteiger partial charge in [-0.25, -0.2) is 0 Å². The van der Waals surface area contributed by atoms with Gasteiger partial charge in [-0.2, -0.15) is 0 Å². The van der Waals surface area contributed by atoms with Crippen molar-refractivity contribution in [3.8, 4) is 0 Å². The number of carbonyl (C=O) groups is 1. The number of benzene rings is 1. The number of hydrogen-bond donors (Lipinski definition) is 0. The van der Waals surface area contributed by atoms with Crippen molar-refractivity contribution in [3.05, 3.63) is 33.8 Å². The second-order valence-electron chi connectivity index (χ2n) is 3.43. The van der Waals surface area contributed by atoms with Crippen LogP contribution in [0.4, 0.5) is 0 Å². The Bertz CT molecular complexity index is 345. The Labute approximate surface area is 107 Å². The molecule has 0 aliphatic carbocycles. The number of halogens is 2. The minimum Gasteiger partial charge on any atom is -0.341 e. The standard InChI is InChI=1S/C11H13Br2NO/c1-8-5-9(7-10(13)6-8)11(15)14(2)4-3-12/h5-7H,3-4H2,1-2H3. The summed E-state index contributed by atoms with van der Waals surface area (Å²) in [5.74, 6) is 0.0545. The molecule has 0 aliphatic heterocycles. The van der Waals surface area contributed by atoms with Gasteiger partial charge in [-0.05, 0) is 30.7 Å². The number of hydrogen-bond acceptors (Lipinski definition) is 1. The van der Waals surface area contributed by atoms with Crippen molar-refractivity contribution in [1.82, 2.24) is 4.90 Å². The molecule has 0 N–H and O–H groups in total. The van der Waals surface area contributed by atoms with Gasteiger partial charge in [-0.1, -0.05) is 31.9 Å². The smallest absolute Gasteiger partial charge is 0.253 e. The van der Waals surface area contributed by atoms with Gasteiger partial charge in [0.2, 0.25) is 0 Å². The second-order valence-corrected chi connectivity index (χ2v) is 5.14. The van der Waals surface area contributed by atoms with Crippen molar-refractivity contribution in [2.24, 2.45) is 0 Å². The Morgan fingerprint density at radius 2 is 2.07 bits per heavy atom. The molecule has 0 aliphatic rings. The van der Waals surface area contributed by atoms with E-state index in [0.717, 1.165) is 20.9 Å². The summed E-state index contributed by atoms with van der Waals surface area (Å²) in [5.41, 5.74) is 1.81. The molecule has 1 rings (SSSR count). The third-order valence-corrected chi connectivity index (χ3v) is 2.87. The third kappa shape index (κ3) is 3.61. The van der Waals surface area contributed by atoms with Gasteiger partial charge in [0.15, 0.2) is 0 Å². The average molecular weight is 335 g/mol. The second kappa shape index (κ2) is 5.66. The molecule has 0 unspecified atom stereocenters. The molecule has 0 saturated carbocycles.